The first-order chi connectivity index (χ1) is 11.2. The number of benzene rings is 1. The summed E-state index contributed by atoms with van der Waals surface area (Å²) in [5, 5.41) is 6.05. The molecule has 1 amide bonds. The molecule has 0 unspecified atom stereocenters. The van der Waals surface area contributed by atoms with E-state index in [2.05, 4.69) is 10.5 Å². The number of likely N-dealkylation sites (N-methyl/N-ethyl adjacent to an activating group) is 1. The maximum atomic E-state index is 12.4. The van der Waals surface area contributed by atoms with Gasteiger partial charge in [0.1, 0.15) is 5.76 Å². The van der Waals surface area contributed by atoms with Gasteiger partial charge in [-0.2, -0.15) is 4.31 Å². The fourth-order valence-electron chi connectivity index (χ4n) is 1.94. The third-order valence-corrected chi connectivity index (χ3v) is 5.05. The number of nitrogens with one attached hydrogen (secondary N) is 1. The third kappa shape index (κ3) is 4.06. The Hall–Kier alpha value is -2.52. The zero-order chi connectivity index (χ0) is 17.9. The Morgan fingerprint density at radius 2 is 1.88 bits per heavy atom. The van der Waals surface area contributed by atoms with Crippen LogP contribution in [0.25, 0.3) is 0 Å². The normalized spacial score (nSPS) is 11.5. The molecular formula is C15H17N3O5S. The topological polar surface area (TPSA) is 110 Å². The van der Waals surface area contributed by atoms with Gasteiger partial charge >= 0.3 is 0 Å². The molecule has 1 aromatic carbocycles. The molecule has 9 heteroatoms. The number of ketones is 1. The number of Topliss-reactive ketones (excluding diaryl/α,β-unsaturated/α-hetero) is 1. The molecule has 2 aromatic rings. The van der Waals surface area contributed by atoms with Crippen molar-refractivity contribution in [1.82, 2.24) is 9.46 Å². The van der Waals surface area contributed by atoms with Gasteiger partial charge in [-0.3, -0.25) is 9.59 Å². The average molecular weight is 351 g/mol. The minimum atomic E-state index is -3.85. The highest BCUT2D eigenvalue weighted by Crippen LogP contribution is 2.16. The Balaban J connectivity index is 2.07. The molecule has 0 aliphatic carbocycles. The number of amides is 1. The second-order valence-electron chi connectivity index (χ2n) is 5.21. The lowest BCUT2D eigenvalue weighted by Crippen LogP contribution is -2.35. The van der Waals surface area contributed by atoms with E-state index in [0.717, 1.165) is 4.31 Å². The SMILES string of the molecule is CC(=O)c1ccc(S(=O)(=O)N(C)CC(=O)Nc2cc(C)on2)cc1. The number of carbonyl (C=O) groups excluding carboxylic acids is 2. The fraction of sp³-hybridized carbons (Fsp3) is 0.267. The van der Waals surface area contributed by atoms with Crippen molar-refractivity contribution in [1.29, 1.82) is 0 Å². The highest BCUT2D eigenvalue weighted by Gasteiger charge is 2.23. The van der Waals surface area contributed by atoms with Crippen LogP contribution in [0.3, 0.4) is 0 Å². The van der Waals surface area contributed by atoms with Crippen molar-refractivity contribution in [2.75, 3.05) is 18.9 Å². The first-order valence-electron chi connectivity index (χ1n) is 7.00. The molecule has 0 saturated heterocycles. The number of nitrogens with zero attached hydrogens (tertiary/aromatic N) is 2. The number of carbonyl (C=O) groups is 2. The van der Waals surface area contributed by atoms with Crippen LogP contribution in [0, 0.1) is 6.92 Å². The molecule has 0 bridgehead atoms. The minimum Gasteiger partial charge on any atom is -0.360 e. The molecule has 128 valence electrons. The molecule has 0 fully saturated rings. The largest absolute Gasteiger partial charge is 0.360 e. The van der Waals surface area contributed by atoms with E-state index in [4.69, 9.17) is 4.52 Å². The molecule has 0 aliphatic heterocycles. The Morgan fingerprint density at radius 3 is 2.38 bits per heavy atom. The van der Waals surface area contributed by atoms with Gasteiger partial charge in [0, 0.05) is 18.7 Å². The summed E-state index contributed by atoms with van der Waals surface area (Å²) >= 11 is 0. The van der Waals surface area contributed by atoms with Crippen molar-refractivity contribution in [3.63, 3.8) is 0 Å². The van der Waals surface area contributed by atoms with Crippen molar-refractivity contribution in [2.45, 2.75) is 18.7 Å². The smallest absolute Gasteiger partial charge is 0.243 e. The molecule has 1 aromatic heterocycles. The van der Waals surface area contributed by atoms with Crippen molar-refractivity contribution >= 4 is 27.5 Å². The second kappa shape index (κ2) is 6.93. The van der Waals surface area contributed by atoms with Crippen LogP contribution in [0.15, 0.2) is 39.8 Å². The maximum absolute atomic E-state index is 12.4. The van der Waals surface area contributed by atoms with E-state index in [1.54, 1.807) is 6.92 Å². The molecule has 0 aliphatic rings. The molecule has 0 radical (unpaired) electrons. The van der Waals surface area contributed by atoms with Crippen molar-refractivity contribution in [3.05, 3.63) is 41.7 Å². The Bertz CT molecular complexity index is 855. The van der Waals surface area contributed by atoms with E-state index < -0.39 is 15.9 Å². The molecule has 2 rings (SSSR count). The average Bonchev–Trinajstić information content (AvgIpc) is 2.92. The first-order valence-corrected chi connectivity index (χ1v) is 8.44. The lowest BCUT2D eigenvalue weighted by molar-refractivity contribution is -0.116. The summed E-state index contributed by atoms with van der Waals surface area (Å²) in [5.41, 5.74) is 0.413. The van der Waals surface area contributed by atoms with E-state index in [1.165, 1.54) is 44.3 Å². The number of hydrogen-bond acceptors (Lipinski definition) is 6. The van der Waals surface area contributed by atoms with Gasteiger partial charge in [-0.15, -0.1) is 0 Å². The number of anilines is 1. The van der Waals surface area contributed by atoms with E-state index in [0.29, 0.717) is 11.3 Å². The summed E-state index contributed by atoms with van der Waals surface area (Å²) in [6, 6.07) is 7.05. The third-order valence-electron chi connectivity index (χ3n) is 3.23. The van der Waals surface area contributed by atoms with Crippen LogP contribution in [0.4, 0.5) is 5.82 Å². The number of rotatable bonds is 6. The van der Waals surface area contributed by atoms with Gasteiger partial charge in [-0.1, -0.05) is 17.3 Å². The lowest BCUT2D eigenvalue weighted by atomic mass is 10.2. The predicted molar refractivity (Wildman–Crippen MR) is 86.1 cm³/mol. The molecule has 0 saturated carbocycles. The van der Waals surface area contributed by atoms with Gasteiger partial charge in [0.25, 0.3) is 0 Å². The predicted octanol–water partition coefficient (Wildman–Crippen LogP) is 1.44. The number of aromatic nitrogens is 1. The van der Waals surface area contributed by atoms with Crippen LogP contribution in [0.5, 0.6) is 0 Å². The van der Waals surface area contributed by atoms with Crippen molar-refractivity contribution in [3.8, 4) is 0 Å². The molecule has 0 spiro atoms. The highest BCUT2D eigenvalue weighted by atomic mass is 32.2. The van der Waals surface area contributed by atoms with Gasteiger partial charge in [-0.05, 0) is 26.0 Å². The van der Waals surface area contributed by atoms with Gasteiger partial charge in [-0.25, -0.2) is 8.42 Å². The van der Waals surface area contributed by atoms with Gasteiger partial charge < -0.3 is 9.84 Å². The molecule has 0 atom stereocenters. The summed E-state index contributed by atoms with van der Waals surface area (Å²) in [4.78, 5) is 23.1. The molecule has 24 heavy (non-hydrogen) atoms. The molecular weight excluding hydrogens is 334 g/mol. The molecule has 1 heterocycles. The van der Waals surface area contributed by atoms with Crippen molar-refractivity contribution < 1.29 is 22.5 Å². The quantitative estimate of drug-likeness (QED) is 0.789. The highest BCUT2D eigenvalue weighted by molar-refractivity contribution is 7.89. The lowest BCUT2D eigenvalue weighted by Gasteiger charge is -2.16. The van der Waals surface area contributed by atoms with Crippen molar-refractivity contribution in [2.24, 2.45) is 0 Å². The fourth-order valence-corrected chi connectivity index (χ4v) is 3.06. The monoisotopic (exact) mass is 351 g/mol. The Labute approximate surface area is 139 Å². The number of hydrogen-bond donors (Lipinski definition) is 1. The van der Waals surface area contributed by atoms with Crippen LogP contribution in [-0.2, 0) is 14.8 Å². The molecule has 8 nitrogen and oxygen atoms in total. The Kier molecular flexibility index (Phi) is 5.15. The van der Waals surface area contributed by atoms with Crippen LogP contribution < -0.4 is 5.32 Å². The van der Waals surface area contributed by atoms with Crippen LogP contribution in [0.1, 0.15) is 23.0 Å². The van der Waals surface area contributed by atoms with Gasteiger partial charge in [0.05, 0.1) is 11.4 Å². The number of sulfonamides is 1. The zero-order valence-corrected chi connectivity index (χ0v) is 14.3. The summed E-state index contributed by atoms with van der Waals surface area (Å²) < 4.78 is 30.6. The first kappa shape index (κ1) is 17.8. The van der Waals surface area contributed by atoms with E-state index in [1.807, 2.05) is 0 Å². The molecule has 1 N–H and O–H groups in total. The van der Waals surface area contributed by atoms with Gasteiger partial charge in [0.15, 0.2) is 11.6 Å². The second-order valence-corrected chi connectivity index (χ2v) is 7.26. The van der Waals surface area contributed by atoms with Crippen LogP contribution in [-0.4, -0.2) is 43.2 Å². The standard InChI is InChI=1S/C15H17N3O5S/c1-10-8-14(17-23-10)16-15(20)9-18(3)24(21,22)13-6-4-12(5-7-13)11(2)19/h4-8H,9H2,1-3H3,(H,16,17,20). The maximum Gasteiger partial charge on any atom is 0.243 e. The summed E-state index contributed by atoms with van der Waals surface area (Å²) in [6.07, 6.45) is 0. The van der Waals surface area contributed by atoms with E-state index >= 15 is 0 Å². The van der Waals surface area contributed by atoms with E-state index in [9.17, 15) is 18.0 Å². The summed E-state index contributed by atoms with van der Waals surface area (Å²) in [6.45, 7) is 2.68. The number of aryl methyl sites for hydroxylation is 1. The summed E-state index contributed by atoms with van der Waals surface area (Å²) in [5.74, 6) is 0.0373. The Morgan fingerprint density at radius 1 is 1.25 bits per heavy atom. The van der Waals surface area contributed by atoms with E-state index in [-0.39, 0.29) is 23.0 Å². The van der Waals surface area contributed by atoms with Crippen LogP contribution in [0.2, 0.25) is 0 Å². The van der Waals surface area contributed by atoms with Crippen LogP contribution >= 0.6 is 0 Å². The van der Waals surface area contributed by atoms with Gasteiger partial charge in [0.2, 0.25) is 15.9 Å². The summed E-state index contributed by atoms with van der Waals surface area (Å²) in [7, 11) is -2.55. The zero-order valence-electron chi connectivity index (χ0n) is 13.4. The minimum absolute atomic E-state index is 0.0000746.